The van der Waals surface area contributed by atoms with Crippen molar-refractivity contribution in [3.8, 4) is 0 Å². The molecule has 0 radical (unpaired) electrons. The van der Waals surface area contributed by atoms with Crippen molar-refractivity contribution >= 4 is 33.3 Å². The molecule has 0 saturated carbocycles. The predicted octanol–water partition coefficient (Wildman–Crippen LogP) is 2.21. The van der Waals surface area contributed by atoms with Crippen LogP contribution in [-0.2, 0) is 0 Å². The van der Waals surface area contributed by atoms with Crippen LogP contribution < -0.4 is 16.9 Å². The van der Waals surface area contributed by atoms with E-state index in [9.17, 15) is 0 Å². The summed E-state index contributed by atoms with van der Waals surface area (Å²) in [6, 6.07) is 8.19. The molecule has 0 atom stereocenters. The number of nitrogens with one attached hydrogen (secondary N) is 2. The second kappa shape index (κ2) is 5.23. The standard InChI is InChI=1S/C16H20N6/c1-9(17)16(22(3)18)10-6-14-15(20-8-10)12-5-4-11(19-2)7-13(12)21-14/h4-8,19,21H,17-18H2,1-3H3/b16-9-. The number of aromatic amines is 1. The lowest BCUT2D eigenvalue weighted by Gasteiger charge is -2.18. The molecule has 0 saturated heterocycles. The number of hydrogen-bond acceptors (Lipinski definition) is 5. The van der Waals surface area contributed by atoms with Gasteiger partial charge in [-0.05, 0) is 31.2 Å². The molecule has 0 bridgehead atoms. The minimum absolute atomic E-state index is 0.653. The molecular weight excluding hydrogens is 276 g/mol. The molecule has 6 heteroatoms. The lowest BCUT2D eigenvalue weighted by Crippen LogP contribution is -2.26. The summed E-state index contributed by atoms with van der Waals surface area (Å²) in [4.78, 5) is 7.99. The number of aromatic nitrogens is 2. The zero-order chi connectivity index (χ0) is 15.9. The average Bonchev–Trinajstić information content (AvgIpc) is 2.82. The summed E-state index contributed by atoms with van der Waals surface area (Å²) >= 11 is 0. The van der Waals surface area contributed by atoms with E-state index in [1.807, 2.05) is 26.1 Å². The van der Waals surface area contributed by atoms with Gasteiger partial charge in [0.2, 0.25) is 0 Å². The molecule has 0 fully saturated rings. The highest BCUT2D eigenvalue weighted by Gasteiger charge is 2.12. The van der Waals surface area contributed by atoms with Crippen molar-refractivity contribution in [3.63, 3.8) is 0 Å². The molecule has 0 spiro atoms. The number of hydrazine groups is 1. The van der Waals surface area contributed by atoms with Gasteiger partial charge in [0.15, 0.2) is 0 Å². The molecule has 0 amide bonds. The monoisotopic (exact) mass is 296 g/mol. The Morgan fingerprint density at radius 2 is 2.05 bits per heavy atom. The number of pyridine rings is 1. The molecule has 0 aliphatic rings. The maximum atomic E-state index is 5.94. The fourth-order valence-corrected chi connectivity index (χ4v) is 2.77. The zero-order valence-corrected chi connectivity index (χ0v) is 12.9. The van der Waals surface area contributed by atoms with Crippen LogP contribution in [0.3, 0.4) is 0 Å². The van der Waals surface area contributed by atoms with Gasteiger partial charge in [0.25, 0.3) is 0 Å². The quantitative estimate of drug-likeness (QED) is 0.439. The lowest BCUT2D eigenvalue weighted by molar-refractivity contribution is 0.507. The minimum atomic E-state index is 0.653. The number of fused-ring (bicyclic) bond motifs is 3. The summed E-state index contributed by atoms with van der Waals surface area (Å²) in [5.74, 6) is 5.88. The van der Waals surface area contributed by atoms with E-state index >= 15 is 0 Å². The first kappa shape index (κ1) is 14.2. The van der Waals surface area contributed by atoms with Gasteiger partial charge in [-0.3, -0.25) is 4.98 Å². The molecule has 2 heterocycles. The molecule has 6 nitrogen and oxygen atoms in total. The van der Waals surface area contributed by atoms with Crippen LogP contribution >= 0.6 is 0 Å². The predicted molar refractivity (Wildman–Crippen MR) is 91.9 cm³/mol. The number of anilines is 1. The Morgan fingerprint density at radius 1 is 1.27 bits per heavy atom. The van der Waals surface area contributed by atoms with Crippen LogP contribution in [0.25, 0.3) is 27.6 Å². The Labute approximate surface area is 128 Å². The summed E-state index contributed by atoms with van der Waals surface area (Å²) in [7, 11) is 3.67. The van der Waals surface area contributed by atoms with Crippen molar-refractivity contribution in [2.75, 3.05) is 19.4 Å². The fraction of sp³-hybridized carbons (Fsp3) is 0.188. The molecule has 1 aromatic carbocycles. The average molecular weight is 296 g/mol. The number of nitrogens with zero attached hydrogens (tertiary/aromatic N) is 2. The van der Waals surface area contributed by atoms with Gasteiger partial charge in [0.1, 0.15) is 0 Å². The Morgan fingerprint density at radius 3 is 2.68 bits per heavy atom. The van der Waals surface area contributed by atoms with Crippen molar-refractivity contribution in [2.24, 2.45) is 11.6 Å². The Kier molecular flexibility index (Phi) is 3.38. The van der Waals surface area contributed by atoms with Gasteiger partial charge >= 0.3 is 0 Å². The van der Waals surface area contributed by atoms with E-state index in [1.165, 1.54) is 5.01 Å². The van der Waals surface area contributed by atoms with Gasteiger partial charge in [-0.2, -0.15) is 0 Å². The first-order valence-electron chi connectivity index (χ1n) is 7.05. The Balaban J connectivity index is 2.22. The van der Waals surface area contributed by atoms with Crippen LogP contribution in [-0.4, -0.2) is 29.1 Å². The van der Waals surface area contributed by atoms with Crippen LogP contribution in [0, 0.1) is 0 Å². The van der Waals surface area contributed by atoms with E-state index in [0.717, 1.165) is 38.9 Å². The SMILES string of the molecule is CNc1ccc2c(c1)[nH]c1cc(/C(=C(\C)N)N(C)N)cnc12. The van der Waals surface area contributed by atoms with Crippen LogP contribution in [0.5, 0.6) is 0 Å². The third-order valence-electron chi connectivity index (χ3n) is 3.72. The van der Waals surface area contributed by atoms with Crippen molar-refractivity contribution in [1.29, 1.82) is 0 Å². The highest BCUT2D eigenvalue weighted by Crippen LogP contribution is 2.28. The number of benzene rings is 1. The van der Waals surface area contributed by atoms with Crippen molar-refractivity contribution in [3.05, 3.63) is 41.7 Å². The number of hydrogen-bond donors (Lipinski definition) is 4. The first-order chi connectivity index (χ1) is 10.5. The number of allylic oxidation sites excluding steroid dienone is 1. The van der Waals surface area contributed by atoms with Gasteiger partial charge in [0.05, 0.1) is 22.2 Å². The molecule has 114 valence electrons. The lowest BCUT2D eigenvalue weighted by atomic mass is 10.1. The van der Waals surface area contributed by atoms with Gasteiger partial charge in [-0.25, -0.2) is 5.84 Å². The summed E-state index contributed by atoms with van der Waals surface area (Å²) in [6.07, 6.45) is 1.80. The molecule has 3 aromatic rings. The van der Waals surface area contributed by atoms with Crippen molar-refractivity contribution < 1.29 is 0 Å². The second-order valence-electron chi connectivity index (χ2n) is 5.40. The molecule has 3 rings (SSSR count). The third-order valence-corrected chi connectivity index (χ3v) is 3.72. The third kappa shape index (κ3) is 2.23. The van der Waals surface area contributed by atoms with Gasteiger partial charge in [0, 0.05) is 42.6 Å². The van der Waals surface area contributed by atoms with Crippen LogP contribution in [0.4, 0.5) is 5.69 Å². The van der Waals surface area contributed by atoms with Crippen LogP contribution in [0.15, 0.2) is 36.2 Å². The number of rotatable bonds is 3. The van der Waals surface area contributed by atoms with Gasteiger partial charge in [-0.1, -0.05) is 0 Å². The smallest absolute Gasteiger partial charge is 0.0958 e. The maximum Gasteiger partial charge on any atom is 0.0958 e. The van der Waals surface area contributed by atoms with Crippen molar-refractivity contribution in [2.45, 2.75) is 6.92 Å². The topological polar surface area (TPSA) is 96.0 Å². The molecule has 0 unspecified atom stereocenters. The summed E-state index contributed by atoms with van der Waals surface area (Å²) < 4.78 is 0. The first-order valence-corrected chi connectivity index (χ1v) is 7.05. The normalized spacial score (nSPS) is 12.5. The fourth-order valence-electron chi connectivity index (χ4n) is 2.77. The number of H-pyrrole nitrogens is 1. The molecule has 0 aliphatic carbocycles. The maximum absolute atomic E-state index is 5.94. The molecule has 22 heavy (non-hydrogen) atoms. The molecular formula is C16H20N6. The van der Waals surface area contributed by atoms with Crippen LogP contribution in [0.1, 0.15) is 12.5 Å². The van der Waals surface area contributed by atoms with E-state index in [2.05, 4.69) is 27.4 Å². The molecule has 6 N–H and O–H groups in total. The highest BCUT2D eigenvalue weighted by molar-refractivity contribution is 6.06. The van der Waals surface area contributed by atoms with Crippen molar-refractivity contribution in [1.82, 2.24) is 15.0 Å². The zero-order valence-electron chi connectivity index (χ0n) is 12.9. The van der Waals surface area contributed by atoms with Gasteiger partial charge < -0.3 is 21.0 Å². The van der Waals surface area contributed by atoms with E-state index in [-0.39, 0.29) is 0 Å². The second-order valence-corrected chi connectivity index (χ2v) is 5.40. The molecule has 2 aromatic heterocycles. The summed E-state index contributed by atoms with van der Waals surface area (Å²) in [6.45, 7) is 1.83. The largest absolute Gasteiger partial charge is 0.401 e. The highest BCUT2D eigenvalue weighted by atomic mass is 15.4. The van der Waals surface area contributed by atoms with E-state index in [1.54, 1.807) is 13.2 Å². The molecule has 0 aliphatic heterocycles. The Hall–Kier alpha value is -2.73. The van der Waals surface area contributed by atoms with E-state index < -0.39 is 0 Å². The van der Waals surface area contributed by atoms with Gasteiger partial charge in [-0.15, -0.1) is 0 Å². The van der Waals surface area contributed by atoms with Crippen LogP contribution in [0.2, 0.25) is 0 Å². The van der Waals surface area contributed by atoms with E-state index in [0.29, 0.717) is 5.70 Å². The Bertz CT molecular complexity index is 871. The number of nitrogens with two attached hydrogens (primary N) is 2. The summed E-state index contributed by atoms with van der Waals surface area (Å²) in [5.41, 5.74) is 12.2. The summed E-state index contributed by atoms with van der Waals surface area (Å²) in [5, 5.41) is 5.74. The van der Waals surface area contributed by atoms with E-state index in [4.69, 9.17) is 11.6 Å². The minimum Gasteiger partial charge on any atom is -0.401 e.